The summed E-state index contributed by atoms with van der Waals surface area (Å²) in [5.74, 6) is 0. The Morgan fingerprint density at radius 1 is 1.50 bits per heavy atom. The van der Waals surface area contributed by atoms with Crippen LogP contribution in [-0.2, 0) is 0 Å². The molecule has 0 N–H and O–H groups in total. The van der Waals surface area contributed by atoms with Gasteiger partial charge in [0.25, 0.3) is 0 Å². The van der Waals surface area contributed by atoms with Crippen LogP contribution in [0.1, 0.15) is 20.3 Å². The minimum absolute atomic E-state index is 0.701. The fourth-order valence-corrected chi connectivity index (χ4v) is 0.559. The quantitative estimate of drug-likeness (QED) is 0.548. The van der Waals surface area contributed by atoms with E-state index in [9.17, 15) is 0 Å². The van der Waals surface area contributed by atoms with Gasteiger partial charge in [-0.15, -0.1) is 0 Å². The molecule has 0 aromatic rings. The maximum Gasteiger partial charge on any atom is 0.0431 e. The molecule has 0 rings (SSSR count). The molecule has 0 aliphatic heterocycles. The molecule has 0 heterocycles. The largest absolute Gasteiger partial charge is 0.0958 e. The first-order chi connectivity index (χ1) is 4.57. The first-order valence-corrected chi connectivity index (χ1v) is 3.66. The molecule has 0 saturated heterocycles. The van der Waals surface area contributed by atoms with E-state index in [-0.39, 0.29) is 0 Å². The fourth-order valence-electron chi connectivity index (χ4n) is 0.404. The van der Waals surface area contributed by atoms with Gasteiger partial charge in [-0.3, -0.25) is 0 Å². The molecule has 0 nitrogen and oxygen atoms in total. The van der Waals surface area contributed by atoms with Crippen molar-refractivity contribution in [2.45, 2.75) is 20.3 Å². The highest BCUT2D eigenvalue weighted by Gasteiger charge is 1.91. The van der Waals surface area contributed by atoms with Crippen LogP contribution in [0.25, 0.3) is 0 Å². The second-order valence-corrected chi connectivity index (χ2v) is 2.69. The zero-order chi connectivity index (χ0) is 8.15. The van der Waals surface area contributed by atoms with E-state index in [1.807, 2.05) is 19.9 Å². The minimum Gasteiger partial charge on any atom is -0.0958 e. The third-order valence-corrected chi connectivity index (χ3v) is 1.62. The average Bonchev–Trinajstić information content (AvgIpc) is 1.87. The summed E-state index contributed by atoms with van der Waals surface area (Å²) in [4.78, 5) is 0. The summed E-state index contributed by atoms with van der Waals surface area (Å²) < 4.78 is 0. The second-order valence-electron chi connectivity index (χ2n) is 2.28. The Kier molecular flexibility index (Phi) is 4.13. The molecule has 10 heavy (non-hydrogen) atoms. The third kappa shape index (κ3) is 3.52. The molecular formula is C9H13Cl. The van der Waals surface area contributed by atoms with Crippen molar-refractivity contribution < 1.29 is 0 Å². The van der Waals surface area contributed by atoms with Gasteiger partial charge >= 0.3 is 0 Å². The van der Waals surface area contributed by atoms with E-state index in [0.717, 1.165) is 17.6 Å². The Balaban J connectivity index is 4.16. The molecule has 56 valence electrons. The first kappa shape index (κ1) is 9.51. The molecule has 0 atom stereocenters. The Morgan fingerprint density at radius 3 is 2.30 bits per heavy atom. The van der Waals surface area contributed by atoms with E-state index in [4.69, 9.17) is 11.6 Å². The standard InChI is InChI=1S/C9H13Cl/c1-5-8(4)6-9(10)7(2)3/h6H,2,4-5H2,1,3H3/b9-6+. The summed E-state index contributed by atoms with van der Waals surface area (Å²) in [5, 5.41) is 0.701. The number of rotatable bonds is 3. The van der Waals surface area contributed by atoms with Crippen molar-refractivity contribution in [3.63, 3.8) is 0 Å². The SMILES string of the molecule is C=C(/C=C(/Cl)C(=C)C)CC. The van der Waals surface area contributed by atoms with Gasteiger partial charge < -0.3 is 0 Å². The summed E-state index contributed by atoms with van der Waals surface area (Å²) in [6, 6.07) is 0. The topological polar surface area (TPSA) is 0 Å². The number of hydrogen-bond acceptors (Lipinski definition) is 0. The van der Waals surface area contributed by atoms with Gasteiger partial charge in [0, 0.05) is 5.03 Å². The molecule has 0 unspecified atom stereocenters. The molecule has 0 aromatic carbocycles. The van der Waals surface area contributed by atoms with Gasteiger partial charge in [0.1, 0.15) is 0 Å². The average molecular weight is 157 g/mol. The first-order valence-electron chi connectivity index (χ1n) is 3.28. The molecule has 0 aliphatic carbocycles. The van der Waals surface area contributed by atoms with E-state index >= 15 is 0 Å². The second kappa shape index (κ2) is 4.35. The normalized spacial score (nSPS) is 11.3. The lowest BCUT2D eigenvalue weighted by Crippen LogP contribution is -1.75. The molecule has 1 heteroatoms. The van der Waals surface area contributed by atoms with Crippen molar-refractivity contribution in [3.05, 3.63) is 35.4 Å². The summed E-state index contributed by atoms with van der Waals surface area (Å²) in [6.07, 6.45) is 2.79. The predicted molar refractivity (Wildman–Crippen MR) is 48.2 cm³/mol. The maximum absolute atomic E-state index is 5.79. The van der Waals surface area contributed by atoms with Crippen LogP contribution in [0.3, 0.4) is 0 Å². The van der Waals surface area contributed by atoms with Crippen LogP contribution in [0.4, 0.5) is 0 Å². The lowest BCUT2D eigenvalue weighted by atomic mass is 10.2. The van der Waals surface area contributed by atoms with Gasteiger partial charge in [-0.25, -0.2) is 0 Å². The van der Waals surface area contributed by atoms with E-state index in [2.05, 4.69) is 13.2 Å². The highest BCUT2D eigenvalue weighted by atomic mass is 35.5. The van der Waals surface area contributed by atoms with Crippen molar-refractivity contribution in [2.75, 3.05) is 0 Å². The summed E-state index contributed by atoms with van der Waals surface area (Å²) in [6.45, 7) is 11.4. The molecule has 0 aromatic heterocycles. The Morgan fingerprint density at radius 2 is 2.00 bits per heavy atom. The summed E-state index contributed by atoms with van der Waals surface area (Å²) >= 11 is 5.79. The molecule has 0 aliphatic rings. The highest BCUT2D eigenvalue weighted by molar-refractivity contribution is 6.32. The molecule has 0 radical (unpaired) electrons. The van der Waals surface area contributed by atoms with Gasteiger partial charge in [-0.2, -0.15) is 0 Å². The van der Waals surface area contributed by atoms with Crippen molar-refractivity contribution in [1.29, 1.82) is 0 Å². The van der Waals surface area contributed by atoms with Crippen molar-refractivity contribution >= 4 is 11.6 Å². The molecular weight excluding hydrogens is 144 g/mol. The summed E-state index contributed by atoms with van der Waals surface area (Å²) in [7, 11) is 0. The van der Waals surface area contributed by atoms with Crippen LogP contribution in [-0.4, -0.2) is 0 Å². The number of halogens is 1. The van der Waals surface area contributed by atoms with Gasteiger partial charge in [0.2, 0.25) is 0 Å². The Labute approximate surface area is 67.9 Å². The van der Waals surface area contributed by atoms with E-state index in [1.54, 1.807) is 0 Å². The zero-order valence-corrected chi connectivity index (χ0v) is 7.33. The van der Waals surface area contributed by atoms with Gasteiger partial charge in [0.05, 0.1) is 0 Å². The monoisotopic (exact) mass is 156 g/mol. The van der Waals surface area contributed by atoms with Crippen molar-refractivity contribution in [2.24, 2.45) is 0 Å². The zero-order valence-electron chi connectivity index (χ0n) is 6.58. The van der Waals surface area contributed by atoms with Crippen LogP contribution in [0, 0.1) is 0 Å². The van der Waals surface area contributed by atoms with Gasteiger partial charge in [-0.05, 0) is 25.0 Å². The van der Waals surface area contributed by atoms with E-state index < -0.39 is 0 Å². The summed E-state index contributed by atoms with van der Waals surface area (Å²) in [5.41, 5.74) is 1.92. The highest BCUT2D eigenvalue weighted by Crippen LogP contribution is 2.14. The molecule has 0 fully saturated rings. The Bertz CT molecular complexity index is 175. The van der Waals surface area contributed by atoms with Crippen LogP contribution < -0.4 is 0 Å². The molecule has 0 bridgehead atoms. The Hall–Kier alpha value is -0.490. The van der Waals surface area contributed by atoms with Crippen molar-refractivity contribution in [3.8, 4) is 0 Å². The van der Waals surface area contributed by atoms with Gasteiger partial charge in [0.15, 0.2) is 0 Å². The number of allylic oxidation sites excluding steroid dienone is 4. The predicted octanol–water partition coefficient (Wildman–Crippen LogP) is 3.65. The minimum atomic E-state index is 0.701. The van der Waals surface area contributed by atoms with Crippen LogP contribution in [0.5, 0.6) is 0 Å². The molecule has 0 amide bonds. The lowest BCUT2D eigenvalue weighted by Gasteiger charge is -1.96. The lowest BCUT2D eigenvalue weighted by molar-refractivity contribution is 1.16. The molecule has 0 spiro atoms. The fraction of sp³-hybridized carbons (Fsp3) is 0.333. The van der Waals surface area contributed by atoms with Crippen LogP contribution in [0.15, 0.2) is 35.4 Å². The van der Waals surface area contributed by atoms with Crippen molar-refractivity contribution in [1.82, 2.24) is 0 Å². The van der Waals surface area contributed by atoms with Crippen LogP contribution >= 0.6 is 11.6 Å². The maximum atomic E-state index is 5.79. The number of hydrogen-bond donors (Lipinski definition) is 0. The van der Waals surface area contributed by atoms with Crippen LogP contribution in [0.2, 0.25) is 0 Å². The van der Waals surface area contributed by atoms with Gasteiger partial charge in [-0.1, -0.05) is 37.3 Å². The van der Waals surface area contributed by atoms with E-state index in [0.29, 0.717) is 5.03 Å². The smallest absolute Gasteiger partial charge is 0.0431 e. The van der Waals surface area contributed by atoms with E-state index in [1.165, 1.54) is 0 Å². The third-order valence-electron chi connectivity index (χ3n) is 1.19. The molecule has 0 saturated carbocycles.